The molecule has 20 heavy (non-hydrogen) atoms. The first-order valence-electron chi connectivity index (χ1n) is 6.68. The number of rotatable bonds is 5. The lowest BCUT2D eigenvalue weighted by atomic mass is 10.0. The van der Waals surface area contributed by atoms with E-state index in [9.17, 15) is 0 Å². The van der Waals surface area contributed by atoms with E-state index >= 15 is 0 Å². The topological polar surface area (TPSA) is 59.1 Å². The van der Waals surface area contributed by atoms with Crippen LogP contribution in [0.25, 0.3) is 0 Å². The van der Waals surface area contributed by atoms with Crippen LogP contribution in [0.3, 0.4) is 0 Å². The maximum Gasteiger partial charge on any atom is 0.122 e. The summed E-state index contributed by atoms with van der Waals surface area (Å²) in [6.45, 7) is 4.62. The molecule has 2 rings (SSSR count). The molecule has 0 aromatic heterocycles. The average Bonchev–Trinajstić information content (AvgIpc) is 2.46. The summed E-state index contributed by atoms with van der Waals surface area (Å²) in [6.07, 6.45) is 0.0584. The molecule has 0 aliphatic rings. The zero-order chi connectivity index (χ0) is 14.5. The van der Waals surface area contributed by atoms with Gasteiger partial charge in [-0.25, -0.2) is 0 Å². The Kier molecular flexibility index (Phi) is 4.53. The molecule has 0 aliphatic heterocycles. The summed E-state index contributed by atoms with van der Waals surface area (Å²) in [6, 6.07) is 15.9. The molecule has 1 unspecified atom stereocenters. The van der Waals surface area contributed by atoms with Crippen molar-refractivity contribution < 1.29 is 4.74 Å². The first-order valence-corrected chi connectivity index (χ1v) is 6.68. The number of nitrogen functional groups attached to an aromatic ring is 1. The zero-order valence-electron chi connectivity index (χ0n) is 11.9. The molecule has 2 aromatic rings. The monoisotopic (exact) mass is 268 g/mol. The van der Waals surface area contributed by atoms with E-state index in [1.54, 1.807) is 0 Å². The number of aryl methyl sites for hydroxylation is 1. The van der Waals surface area contributed by atoms with Crippen molar-refractivity contribution in [3.8, 4) is 0 Å². The normalized spacial score (nSPS) is 12.1. The SMILES string of the molecule is Cc1cc(C(=N)N)ccc1COC(C)c1ccccc1. The lowest BCUT2D eigenvalue weighted by Gasteiger charge is -2.15. The van der Waals surface area contributed by atoms with Gasteiger partial charge in [-0.15, -0.1) is 0 Å². The van der Waals surface area contributed by atoms with Crippen molar-refractivity contribution in [3.63, 3.8) is 0 Å². The van der Waals surface area contributed by atoms with E-state index in [1.165, 1.54) is 5.56 Å². The van der Waals surface area contributed by atoms with Crippen molar-refractivity contribution in [3.05, 3.63) is 70.8 Å². The molecule has 0 fully saturated rings. The standard InChI is InChI=1S/C17H20N2O/c1-12-10-15(17(18)19)8-9-16(12)11-20-13(2)14-6-4-3-5-7-14/h3-10,13H,11H2,1-2H3,(H3,18,19). The molecule has 1 atom stereocenters. The van der Waals surface area contributed by atoms with Gasteiger partial charge in [0.25, 0.3) is 0 Å². The highest BCUT2D eigenvalue weighted by Gasteiger charge is 2.07. The van der Waals surface area contributed by atoms with E-state index in [-0.39, 0.29) is 11.9 Å². The highest BCUT2D eigenvalue weighted by Crippen LogP contribution is 2.19. The molecule has 0 bridgehead atoms. The Bertz CT molecular complexity index is 593. The van der Waals surface area contributed by atoms with Crippen molar-refractivity contribution in [2.24, 2.45) is 5.73 Å². The minimum atomic E-state index is 0.0584. The predicted octanol–water partition coefficient (Wildman–Crippen LogP) is 3.56. The van der Waals surface area contributed by atoms with E-state index < -0.39 is 0 Å². The van der Waals surface area contributed by atoms with Crippen molar-refractivity contribution in [2.75, 3.05) is 0 Å². The van der Waals surface area contributed by atoms with Gasteiger partial charge in [-0.05, 0) is 36.6 Å². The quantitative estimate of drug-likeness (QED) is 0.643. The van der Waals surface area contributed by atoms with E-state index in [0.29, 0.717) is 6.61 Å². The highest BCUT2D eigenvalue weighted by atomic mass is 16.5. The van der Waals surface area contributed by atoms with Crippen LogP contribution in [0, 0.1) is 12.3 Å². The van der Waals surface area contributed by atoms with Gasteiger partial charge in [-0.3, -0.25) is 5.41 Å². The summed E-state index contributed by atoms with van der Waals surface area (Å²) < 4.78 is 5.91. The van der Waals surface area contributed by atoms with Gasteiger partial charge in [0.05, 0.1) is 12.7 Å². The van der Waals surface area contributed by atoms with Crippen LogP contribution in [-0.4, -0.2) is 5.84 Å². The van der Waals surface area contributed by atoms with E-state index in [2.05, 4.69) is 19.1 Å². The molecule has 0 heterocycles. The summed E-state index contributed by atoms with van der Waals surface area (Å²) in [5.74, 6) is 0.0956. The largest absolute Gasteiger partial charge is 0.384 e. The van der Waals surface area contributed by atoms with E-state index in [0.717, 1.165) is 16.7 Å². The number of nitrogens with two attached hydrogens (primary N) is 1. The Balaban J connectivity index is 2.02. The molecule has 0 radical (unpaired) electrons. The fraction of sp³-hybridized carbons (Fsp3) is 0.235. The van der Waals surface area contributed by atoms with Crippen LogP contribution in [0.1, 0.15) is 35.3 Å². The van der Waals surface area contributed by atoms with Gasteiger partial charge >= 0.3 is 0 Å². The summed E-state index contributed by atoms with van der Waals surface area (Å²) in [5, 5.41) is 7.43. The van der Waals surface area contributed by atoms with E-state index in [1.807, 2.05) is 43.3 Å². The molecule has 0 aliphatic carbocycles. The van der Waals surface area contributed by atoms with Crippen molar-refractivity contribution in [1.82, 2.24) is 0 Å². The fourth-order valence-electron chi connectivity index (χ4n) is 2.06. The third-order valence-corrected chi connectivity index (χ3v) is 3.41. The average molecular weight is 268 g/mol. The number of ether oxygens (including phenoxy) is 1. The Hall–Kier alpha value is -2.13. The smallest absolute Gasteiger partial charge is 0.122 e. The lowest BCUT2D eigenvalue weighted by Crippen LogP contribution is -2.11. The van der Waals surface area contributed by atoms with Gasteiger partial charge in [-0.2, -0.15) is 0 Å². The number of nitrogens with one attached hydrogen (secondary N) is 1. The molecule has 3 heteroatoms. The van der Waals surface area contributed by atoms with Crippen LogP contribution in [0.15, 0.2) is 48.5 Å². The van der Waals surface area contributed by atoms with Crippen LogP contribution in [-0.2, 0) is 11.3 Å². The first kappa shape index (κ1) is 14.3. The van der Waals surface area contributed by atoms with Crippen molar-refractivity contribution >= 4 is 5.84 Å². The van der Waals surface area contributed by atoms with Crippen LogP contribution in [0.5, 0.6) is 0 Å². The third-order valence-electron chi connectivity index (χ3n) is 3.41. The van der Waals surface area contributed by atoms with Gasteiger partial charge < -0.3 is 10.5 Å². The second kappa shape index (κ2) is 6.35. The molecular formula is C17H20N2O. The Morgan fingerprint density at radius 2 is 1.90 bits per heavy atom. The molecule has 2 aromatic carbocycles. The molecule has 3 nitrogen and oxygen atoms in total. The Labute approximate surface area is 119 Å². The summed E-state index contributed by atoms with van der Waals surface area (Å²) in [7, 11) is 0. The predicted molar refractivity (Wildman–Crippen MR) is 81.8 cm³/mol. The fourth-order valence-corrected chi connectivity index (χ4v) is 2.06. The maximum absolute atomic E-state index is 7.43. The van der Waals surface area contributed by atoms with Gasteiger partial charge in [0, 0.05) is 5.56 Å². The summed E-state index contributed by atoms with van der Waals surface area (Å²) in [5.41, 5.74) is 9.63. The number of amidine groups is 1. The zero-order valence-corrected chi connectivity index (χ0v) is 11.9. The van der Waals surface area contributed by atoms with Crippen molar-refractivity contribution in [1.29, 1.82) is 5.41 Å². The Morgan fingerprint density at radius 1 is 1.20 bits per heavy atom. The second-order valence-corrected chi connectivity index (χ2v) is 4.92. The lowest BCUT2D eigenvalue weighted by molar-refractivity contribution is 0.0523. The van der Waals surface area contributed by atoms with Gasteiger partial charge in [0.1, 0.15) is 5.84 Å². The van der Waals surface area contributed by atoms with Crippen LogP contribution in [0.2, 0.25) is 0 Å². The minimum Gasteiger partial charge on any atom is -0.384 e. The van der Waals surface area contributed by atoms with Gasteiger partial charge in [-0.1, -0.05) is 42.5 Å². The van der Waals surface area contributed by atoms with Gasteiger partial charge in [0.15, 0.2) is 0 Å². The molecular weight excluding hydrogens is 248 g/mol. The minimum absolute atomic E-state index is 0.0584. The highest BCUT2D eigenvalue weighted by molar-refractivity contribution is 5.95. The summed E-state index contributed by atoms with van der Waals surface area (Å²) in [4.78, 5) is 0. The van der Waals surface area contributed by atoms with Crippen LogP contribution in [0.4, 0.5) is 0 Å². The Morgan fingerprint density at radius 3 is 2.50 bits per heavy atom. The third kappa shape index (κ3) is 3.45. The number of benzene rings is 2. The molecule has 104 valence electrons. The maximum atomic E-state index is 7.43. The molecule has 0 saturated carbocycles. The summed E-state index contributed by atoms with van der Waals surface area (Å²) >= 11 is 0. The molecule has 0 saturated heterocycles. The molecule has 3 N–H and O–H groups in total. The number of hydrogen-bond donors (Lipinski definition) is 2. The first-order chi connectivity index (χ1) is 9.58. The van der Waals surface area contributed by atoms with Crippen LogP contribution < -0.4 is 5.73 Å². The molecule has 0 amide bonds. The molecule has 0 spiro atoms. The van der Waals surface area contributed by atoms with E-state index in [4.69, 9.17) is 15.9 Å². The number of hydrogen-bond acceptors (Lipinski definition) is 2. The van der Waals surface area contributed by atoms with Crippen molar-refractivity contribution in [2.45, 2.75) is 26.6 Å². The van der Waals surface area contributed by atoms with Gasteiger partial charge in [0.2, 0.25) is 0 Å². The van der Waals surface area contributed by atoms with Crippen LogP contribution >= 0.6 is 0 Å². The second-order valence-electron chi connectivity index (χ2n) is 4.92.